The third-order valence-corrected chi connectivity index (χ3v) is 4.31. The molecule has 0 atom stereocenters. The monoisotopic (exact) mass is 242 g/mol. The second kappa shape index (κ2) is 6.72. The highest BCUT2D eigenvalue weighted by Crippen LogP contribution is 2.33. The minimum atomic E-state index is 0.394. The molecule has 3 nitrogen and oxygen atoms in total. The highest BCUT2D eigenvalue weighted by atomic mass is 16.7. The predicted molar refractivity (Wildman–Crippen MR) is 66.6 cm³/mol. The van der Waals surface area contributed by atoms with Crippen molar-refractivity contribution >= 4 is 0 Å². The van der Waals surface area contributed by atoms with Gasteiger partial charge in [0.05, 0.1) is 12.2 Å². The first-order valence-corrected chi connectivity index (χ1v) is 7.12. The third-order valence-electron chi connectivity index (χ3n) is 4.31. The average Bonchev–Trinajstić information content (AvgIpc) is 2.22. The second-order valence-electron chi connectivity index (χ2n) is 5.51. The minimum absolute atomic E-state index is 0.394. The van der Waals surface area contributed by atoms with Crippen molar-refractivity contribution in [2.24, 2.45) is 11.8 Å². The maximum Gasteiger partial charge on any atom is 0.149 e. The maximum absolute atomic E-state index is 5.58. The van der Waals surface area contributed by atoms with E-state index in [1.54, 1.807) is 0 Å². The first-order valence-electron chi connectivity index (χ1n) is 7.12. The van der Waals surface area contributed by atoms with Gasteiger partial charge in [-0.15, -0.1) is 0 Å². The minimum Gasteiger partial charge on any atom is -0.352 e. The second-order valence-corrected chi connectivity index (χ2v) is 5.51. The number of hydrogen-bond donors (Lipinski definition) is 0. The van der Waals surface area contributed by atoms with Crippen LogP contribution in [0.1, 0.15) is 52.4 Å². The van der Waals surface area contributed by atoms with Crippen LogP contribution in [0, 0.1) is 11.8 Å². The smallest absolute Gasteiger partial charge is 0.149 e. The van der Waals surface area contributed by atoms with E-state index < -0.39 is 0 Å². The number of hydrogen-bond acceptors (Lipinski definition) is 3. The summed E-state index contributed by atoms with van der Waals surface area (Å²) in [4.78, 5) is 0. The molecule has 0 unspecified atom stereocenters. The van der Waals surface area contributed by atoms with Gasteiger partial charge < -0.3 is 14.2 Å². The summed E-state index contributed by atoms with van der Waals surface area (Å²) in [5.74, 6) is 1.77. The molecule has 2 fully saturated rings. The summed E-state index contributed by atoms with van der Waals surface area (Å²) in [6.07, 6.45) is 8.28. The van der Waals surface area contributed by atoms with E-state index in [1.165, 1.54) is 38.5 Å². The Hall–Kier alpha value is -0.120. The van der Waals surface area contributed by atoms with Gasteiger partial charge in [-0.25, -0.2) is 0 Å². The van der Waals surface area contributed by atoms with Crippen LogP contribution in [0.3, 0.4) is 0 Å². The van der Waals surface area contributed by atoms with E-state index >= 15 is 0 Å². The SMILES string of the molecule is CCC1CC(OCOCOC2CC(CC)C2)C1. The van der Waals surface area contributed by atoms with Gasteiger partial charge in [0.2, 0.25) is 0 Å². The van der Waals surface area contributed by atoms with Gasteiger partial charge in [0.25, 0.3) is 0 Å². The zero-order chi connectivity index (χ0) is 12.1. The van der Waals surface area contributed by atoms with Crippen LogP contribution in [0.5, 0.6) is 0 Å². The molecule has 0 amide bonds. The summed E-state index contributed by atoms with van der Waals surface area (Å²) in [6, 6.07) is 0. The summed E-state index contributed by atoms with van der Waals surface area (Å²) in [6.45, 7) is 5.27. The molecule has 0 aliphatic heterocycles. The topological polar surface area (TPSA) is 27.7 Å². The molecule has 0 bridgehead atoms. The Kier molecular flexibility index (Phi) is 5.26. The van der Waals surface area contributed by atoms with Gasteiger partial charge in [0, 0.05) is 0 Å². The lowest BCUT2D eigenvalue weighted by molar-refractivity contribution is -0.192. The normalized spacial score (nSPS) is 36.4. The molecule has 2 saturated carbocycles. The van der Waals surface area contributed by atoms with Crippen molar-refractivity contribution in [3.8, 4) is 0 Å². The molecular formula is C14H26O3. The molecule has 0 N–H and O–H groups in total. The molecule has 100 valence electrons. The van der Waals surface area contributed by atoms with Crippen molar-refractivity contribution in [1.82, 2.24) is 0 Å². The standard InChI is InChI=1S/C14H26O3/c1-3-11-5-13(6-11)16-9-15-10-17-14-7-12(4-2)8-14/h11-14H,3-10H2,1-2H3. The fraction of sp³-hybridized carbons (Fsp3) is 1.00. The molecule has 2 aliphatic carbocycles. The van der Waals surface area contributed by atoms with Crippen LogP contribution in [0.2, 0.25) is 0 Å². The van der Waals surface area contributed by atoms with Crippen molar-refractivity contribution in [1.29, 1.82) is 0 Å². The van der Waals surface area contributed by atoms with Gasteiger partial charge in [-0.05, 0) is 37.5 Å². The molecule has 0 aromatic rings. The first kappa shape index (κ1) is 13.3. The van der Waals surface area contributed by atoms with Crippen LogP contribution in [-0.2, 0) is 14.2 Å². The number of ether oxygens (including phenoxy) is 3. The Morgan fingerprint density at radius 1 is 0.765 bits per heavy atom. The Labute approximate surface area is 105 Å². The fourth-order valence-electron chi connectivity index (χ4n) is 2.61. The number of rotatable bonds is 8. The molecule has 0 radical (unpaired) electrons. The molecule has 0 aromatic carbocycles. The largest absolute Gasteiger partial charge is 0.352 e. The van der Waals surface area contributed by atoms with E-state index in [4.69, 9.17) is 14.2 Å². The maximum atomic E-state index is 5.58. The third kappa shape index (κ3) is 3.94. The van der Waals surface area contributed by atoms with E-state index in [1.807, 2.05) is 0 Å². The van der Waals surface area contributed by atoms with E-state index in [9.17, 15) is 0 Å². The van der Waals surface area contributed by atoms with Gasteiger partial charge in [0.15, 0.2) is 0 Å². The van der Waals surface area contributed by atoms with Gasteiger partial charge >= 0.3 is 0 Å². The van der Waals surface area contributed by atoms with Crippen molar-refractivity contribution in [3.63, 3.8) is 0 Å². The van der Waals surface area contributed by atoms with E-state index in [0.29, 0.717) is 25.8 Å². The van der Waals surface area contributed by atoms with Crippen molar-refractivity contribution in [2.75, 3.05) is 13.6 Å². The van der Waals surface area contributed by atoms with E-state index in [-0.39, 0.29) is 0 Å². The summed E-state index contributed by atoms with van der Waals surface area (Å²) in [7, 11) is 0. The van der Waals surface area contributed by atoms with E-state index in [2.05, 4.69) is 13.8 Å². The zero-order valence-electron chi connectivity index (χ0n) is 11.2. The van der Waals surface area contributed by atoms with Gasteiger partial charge in [-0.2, -0.15) is 0 Å². The van der Waals surface area contributed by atoms with Crippen LogP contribution in [0.15, 0.2) is 0 Å². The Bertz CT molecular complexity index is 186. The lowest BCUT2D eigenvalue weighted by atomic mass is 9.81. The van der Waals surface area contributed by atoms with Gasteiger partial charge in [-0.3, -0.25) is 0 Å². The highest BCUT2D eigenvalue weighted by molar-refractivity contribution is 4.79. The Morgan fingerprint density at radius 3 is 1.53 bits per heavy atom. The molecule has 2 rings (SSSR count). The van der Waals surface area contributed by atoms with E-state index in [0.717, 1.165) is 11.8 Å². The first-order chi connectivity index (χ1) is 8.31. The molecule has 0 saturated heterocycles. The molecule has 0 aromatic heterocycles. The lowest BCUT2D eigenvalue weighted by Gasteiger charge is -2.35. The average molecular weight is 242 g/mol. The fourth-order valence-corrected chi connectivity index (χ4v) is 2.61. The molecule has 3 heteroatoms. The Morgan fingerprint density at radius 2 is 1.18 bits per heavy atom. The van der Waals surface area contributed by atoms with Crippen LogP contribution >= 0.6 is 0 Å². The highest BCUT2D eigenvalue weighted by Gasteiger charge is 2.29. The summed E-state index contributed by atoms with van der Waals surface area (Å²) >= 11 is 0. The Balaban J connectivity index is 1.36. The molecule has 0 spiro atoms. The van der Waals surface area contributed by atoms with Crippen molar-refractivity contribution < 1.29 is 14.2 Å². The molecule has 0 heterocycles. The predicted octanol–water partition coefficient (Wildman–Crippen LogP) is 3.33. The van der Waals surface area contributed by atoms with Crippen LogP contribution in [-0.4, -0.2) is 25.8 Å². The molecular weight excluding hydrogens is 216 g/mol. The van der Waals surface area contributed by atoms with Gasteiger partial charge in [-0.1, -0.05) is 26.7 Å². The van der Waals surface area contributed by atoms with Crippen LogP contribution < -0.4 is 0 Å². The summed E-state index contributed by atoms with van der Waals surface area (Å²) < 4.78 is 16.5. The summed E-state index contributed by atoms with van der Waals surface area (Å²) in [5, 5.41) is 0. The van der Waals surface area contributed by atoms with Crippen LogP contribution in [0.25, 0.3) is 0 Å². The van der Waals surface area contributed by atoms with Crippen LogP contribution in [0.4, 0.5) is 0 Å². The molecule has 17 heavy (non-hydrogen) atoms. The summed E-state index contributed by atoms with van der Waals surface area (Å²) in [5.41, 5.74) is 0. The quantitative estimate of drug-likeness (QED) is 0.482. The molecule has 2 aliphatic rings. The van der Waals surface area contributed by atoms with Gasteiger partial charge in [0.1, 0.15) is 13.6 Å². The lowest BCUT2D eigenvalue weighted by Crippen LogP contribution is -2.33. The zero-order valence-corrected chi connectivity index (χ0v) is 11.2. The van der Waals surface area contributed by atoms with Crippen molar-refractivity contribution in [2.45, 2.75) is 64.6 Å². The van der Waals surface area contributed by atoms with Crippen molar-refractivity contribution in [3.05, 3.63) is 0 Å².